The smallest absolute Gasteiger partial charge is 0.310 e. The largest absolute Gasteiger partial charge is 0.466 e. The van der Waals surface area contributed by atoms with Crippen LogP contribution in [0.1, 0.15) is 12.5 Å². The Kier molecular flexibility index (Phi) is 4.41. The molecule has 0 saturated heterocycles. The van der Waals surface area contributed by atoms with Gasteiger partial charge in [-0.2, -0.15) is 0 Å². The zero-order valence-electron chi connectivity index (χ0n) is 9.31. The lowest BCUT2D eigenvalue weighted by Crippen LogP contribution is -2.10. The number of carbonyl (C=O) groups excluding carboxylic acids is 1. The quantitative estimate of drug-likeness (QED) is 0.456. The summed E-state index contributed by atoms with van der Waals surface area (Å²) in [4.78, 5) is 18.4. The van der Waals surface area contributed by atoms with Gasteiger partial charge in [0.25, 0.3) is 0 Å². The van der Waals surface area contributed by atoms with E-state index in [0.717, 1.165) is 6.26 Å². The highest BCUT2D eigenvalue weighted by Gasteiger charge is 2.15. The summed E-state index contributed by atoms with van der Waals surface area (Å²) in [7, 11) is -3.50. The Labute approximate surface area is 104 Å². The fraction of sp³-hybridized carbons (Fsp3) is 0.444. The van der Waals surface area contributed by atoms with E-state index in [4.69, 9.17) is 16.3 Å². The van der Waals surface area contributed by atoms with Crippen molar-refractivity contribution in [3.8, 4) is 0 Å². The van der Waals surface area contributed by atoms with Crippen LogP contribution in [0.5, 0.6) is 0 Å². The van der Waals surface area contributed by atoms with Crippen molar-refractivity contribution in [3.63, 3.8) is 0 Å². The molecule has 0 amide bonds. The van der Waals surface area contributed by atoms with Crippen LogP contribution in [0, 0.1) is 0 Å². The van der Waals surface area contributed by atoms with Crippen LogP contribution in [0.25, 0.3) is 0 Å². The van der Waals surface area contributed by atoms with Crippen molar-refractivity contribution in [2.24, 2.45) is 0 Å². The number of nitrogens with zero attached hydrogens (tertiary/aromatic N) is 2. The number of esters is 1. The summed E-state index contributed by atoms with van der Waals surface area (Å²) in [6.45, 7) is 1.95. The van der Waals surface area contributed by atoms with Crippen molar-refractivity contribution in [3.05, 3.63) is 16.9 Å². The fourth-order valence-corrected chi connectivity index (χ4v) is 1.78. The number of hydrogen-bond donors (Lipinski definition) is 0. The van der Waals surface area contributed by atoms with E-state index in [1.54, 1.807) is 6.92 Å². The van der Waals surface area contributed by atoms with Gasteiger partial charge in [-0.05, 0) is 6.92 Å². The molecule has 0 fully saturated rings. The molecular formula is C9H11ClN2O4S. The molecule has 1 aromatic rings. The molecule has 94 valence electrons. The predicted octanol–water partition coefficient (Wildman–Crippen LogP) is 0.639. The molecule has 0 atom stereocenters. The second kappa shape index (κ2) is 5.42. The highest BCUT2D eigenvalue weighted by molar-refractivity contribution is 7.90. The van der Waals surface area contributed by atoms with Gasteiger partial charge in [0.15, 0.2) is 0 Å². The van der Waals surface area contributed by atoms with E-state index in [9.17, 15) is 13.2 Å². The van der Waals surface area contributed by atoms with Gasteiger partial charge >= 0.3 is 5.97 Å². The van der Waals surface area contributed by atoms with Crippen LogP contribution in [0.15, 0.2) is 11.4 Å². The molecule has 1 aromatic heterocycles. The maximum atomic E-state index is 11.2. The standard InChI is InChI=1S/C9H11ClN2O4S/c1-3-16-7(13)4-6-5-11-9(12-8(6)10)17(2,14)15/h5H,3-4H2,1-2H3. The Balaban J connectivity index is 2.95. The normalized spacial score (nSPS) is 11.2. The molecule has 0 aliphatic heterocycles. The first-order valence-electron chi connectivity index (χ1n) is 4.71. The van der Waals surface area contributed by atoms with E-state index in [1.165, 1.54) is 6.20 Å². The Morgan fingerprint density at radius 1 is 1.53 bits per heavy atom. The van der Waals surface area contributed by atoms with Crippen molar-refractivity contribution in [2.75, 3.05) is 12.9 Å². The van der Waals surface area contributed by atoms with E-state index in [1.807, 2.05) is 0 Å². The van der Waals surface area contributed by atoms with Gasteiger partial charge in [-0.15, -0.1) is 0 Å². The molecule has 0 saturated carbocycles. The molecule has 0 aliphatic rings. The minimum absolute atomic E-state index is 0.0616. The molecule has 0 radical (unpaired) electrons. The topological polar surface area (TPSA) is 86.2 Å². The van der Waals surface area contributed by atoms with Crippen LogP contribution >= 0.6 is 11.6 Å². The van der Waals surface area contributed by atoms with E-state index >= 15 is 0 Å². The van der Waals surface area contributed by atoms with E-state index < -0.39 is 15.8 Å². The minimum Gasteiger partial charge on any atom is -0.466 e. The number of sulfone groups is 1. The van der Waals surface area contributed by atoms with Gasteiger partial charge in [0.2, 0.25) is 15.0 Å². The third-order valence-corrected chi connectivity index (χ3v) is 2.95. The van der Waals surface area contributed by atoms with E-state index in [0.29, 0.717) is 5.56 Å². The monoisotopic (exact) mass is 278 g/mol. The van der Waals surface area contributed by atoms with Crippen molar-refractivity contribution < 1.29 is 17.9 Å². The summed E-state index contributed by atoms with van der Waals surface area (Å²) < 4.78 is 27.0. The summed E-state index contributed by atoms with van der Waals surface area (Å²) >= 11 is 5.76. The summed E-state index contributed by atoms with van der Waals surface area (Å²) in [6, 6.07) is 0. The maximum Gasteiger partial charge on any atom is 0.310 e. The number of halogens is 1. The predicted molar refractivity (Wildman–Crippen MR) is 60.5 cm³/mol. The number of aromatic nitrogens is 2. The summed E-state index contributed by atoms with van der Waals surface area (Å²) in [5.74, 6) is -0.467. The summed E-state index contributed by atoms with van der Waals surface area (Å²) in [6.07, 6.45) is 2.10. The fourth-order valence-electron chi connectivity index (χ4n) is 1.04. The molecule has 0 bridgehead atoms. The Hall–Kier alpha value is -1.21. The average Bonchev–Trinajstić information content (AvgIpc) is 2.20. The molecule has 17 heavy (non-hydrogen) atoms. The van der Waals surface area contributed by atoms with Crippen LogP contribution < -0.4 is 0 Å². The lowest BCUT2D eigenvalue weighted by molar-refractivity contribution is -0.142. The Morgan fingerprint density at radius 3 is 2.65 bits per heavy atom. The minimum atomic E-state index is -3.50. The first kappa shape index (κ1) is 13.9. The molecule has 1 heterocycles. The average molecular weight is 279 g/mol. The zero-order valence-corrected chi connectivity index (χ0v) is 10.9. The molecule has 0 aliphatic carbocycles. The lowest BCUT2D eigenvalue weighted by atomic mass is 10.2. The van der Waals surface area contributed by atoms with Crippen LogP contribution in [-0.4, -0.2) is 37.2 Å². The van der Waals surface area contributed by atoms with Gasteiger partial charge in [-0.3, -0.25) is 4.79 Å². The zero-order chi connectivity index (χ0) is 13.1. The van der Waals surface area contributed by atoms with Crippen molar-refractivity contribution in [1.82, 2.24) is 9.97 Å². The van der Waals surface area contributed by atoms with Crippen molar-refractivity contribution in [2.45, 2.75) is 18.5 Å². The highest BCUT2D eigenvalue weighted by Crippen LogP contribution is 2.15. The van der Waals surface area contributed by atoms with Crippen LogP contribution in [0.2, 0.25) is 5.15 Å². The van der Waals surface area contributed by atoms with Gasteiger partial charge in [-0.25, -0.2) is 18.4 Å². The summed E-state index contributed by atoms with van der Waals surface area (Å²) in [5.41, 5.74) is 0.331. The third kappa shape index (κ3) is 3.94. The molecule has 6 nitrogen and oxygen atoms in total. The second-order valence-electron chi connectivity index (χ2n) is 3.22. The Morgan fingerprint density at radius 2 is 2.18 bits per heavy atom. The molecule has 0 spiro atoms. The van der Waals surface area contributed by atoms with Gasteiger partial charge in [0, 0.05) is 18.0 Å². The van der Waals surface area contributed by atoms with Crippen LogP contribution in [0.4, 0.5) is 0 Å². The number of carbonyl (C=O) groups is 1. The number of hydrogen-bond acceptors (Lipinski definition) is 6. The lowest BCUT2D eigenvalue weighted by Gasteiger charge is -2.04. The number of rotatable bonds is 4. The van der Waals surface area contributed by atoms with E-state index in [-0.39, 0.29) is 23.3 Å². The molecule has 1 rings (SSSR count). The molecular weight excluding hydrogens is 268 g/mol. The number of ether oxygens (including phenoxy) is 1. The SMILES string of the molecule is CCOC(=O)Cc1cnc(S(C)(=O)=O)nc1Cl. The van der Waals surface area contributed by atoms with Crippen LogP contribution in [-0.2, 0) is 25.8 Å². The Bertz CT molecular complexity index is 530. The van der Waals surface area contributed by atoms with E-state index in [2.05, 4.69) is 9.97 Å². The first-order chi connectivity index (χ1) is 7.84. The molecule has 0 N–H and O–H groups in total. The maximum absolute atomic E-state index is 11.2. The van der Waals surface area contributed by atoms with Gasteiger partial charge in [-0.1, -0.05) is 11.6 Å². The van der Waals surface area contributed by atoms with Crippen molar-refractivity contribution in [1.29, 1.82) is 0 Å². The van der Waals surface area contributed by atoms with Gasteiger partial charge in [0.05, 0.1) is 13.0 Å². The van der Waals surface area contributed by atoms with Crippen LogP contribution in [0.3, 0.4) is 0 Å². The molecule has 0 unspecified atom stereocenters. The molecule has 8 heteroatoms. The summed E-state index contributed by atoms with van der Waals surface area (Å²) in [5, 5.41) is -0.427. The second-order valence-corrected chi connectivity index (χ2v) is 5.49. The van der Waals surface area contributed by atoms with Gasteiger partial charge in [0.1, 0.15) is 5.15 Å². The van der Waals surface area contributed by atoms with Crippen molar-refractivity contribution >= 4 is 27.4 Å². The van der Waals surface area contributed by atoms with Gasteiger partial charge < -0.3 is 4.74 Å². The first-order valence-corrected chi connectivity index (χ1v) is 6.98. The molecule has 0 aromatic carbocycles. The highest BCUT2D eigenvalue weighted by atomic mass is 35.5. The third-order valence-electron chi connectivity index (χ3n) is 1.76.